The number of aliphatic carboxylic acids is 1. The molecule has 2 aromatic rings. The van der Waals surface area contributed by atoms with Gasteiger partial charge in [-0.15, -0.1) is 0 Å². The number of carboxylic acid groups (broad SMARTS) is 1. The van der Waals surface area contributed by atoms with E-state index < -0.39 is 40.6 Å². The van der Waals surface area contributed by atoms with Crippen LogP contribution in [0.4, 0.5) is 24.5 Å². The van der Waals surface area contributed by atoms with Gasteiger partial charge in [-0.05, 0) is 79.4 Å². The van der Waals surface area contributed by atoms with E-state index in [0.29, 0.717) is 3.57 Å². The van der Waals surface area contributed by atoms with Gasteiger partial charge in [-0.1, -0.05) is 0 Å². The zero-order valence-corrected chi connectivity index (χ0v) is 20.8. The maximum absolute atomic E-state index is 14.6. The number of aliphatic hydroxyl groups is 1. The van der Waals surface area contributed by atoms with Crippen LogP contribution in [0.3, 0.4) is 0 Å². The number of amides is 1. The van der Waals surface area contributed by atoms with E-state index in [4.69, 9.17) is 9.90 Å². The van der Waals surface area contributed by atoms with Crippen molar-refractivity contribution in [3.8, 4) is 0 Å². The number of anilines is 2. The lowest BCUT2D eigenvalue weighted by Gasteiger charge is -2.51. The summed E-state index contributed by atoms with van der Waals surface area (Å²) in [5.41, 5.74) is -1.63. The molecule has 2 heterocycles. The highest BCUT2D eigenvalue weighted by atomic mass is 127. The zero-order chi connectivity index (χ0) is 25.2. The Balaban J connectivity index is 0.000000751. The molecule has 184 valence electrons. The Morgan fingerprint density at radius 3 is 2.35 bits per heavy atom. The Hall–Kier alpha value is -2.38. The molecule has 0 aromatic heterocycles. The molecule has 1 unspecified atom stereocenters. The third-order valence-corrected chi connectivity index (χ3v) is 6.54. The maximum Gasteiger partial charge on any atom is 0.300 e. The Morgan fingerprint density at radius 2 is 1.79 bits per heavy atom. The summed E-state index contributed by atoms with van der Waals surface area (Å²) in [6.45, 7) is 2.19. The first-order valence-electron chi connectivity index (χ1n) is 10.5. The summed E-state index contributed by atoms with van der Waals surface area (Å²) in [5.74, 6) is -4.43. The van der Waals surface area contributed by atoms with Crippen molar-refractivity contribution >= 4 is 45.8 Å². The molecule has 2 fully saturated rings. The molecule has 7 nitrogen and oxygen atoms in total. The number of nitrogens with zero attached hydrogens (tertiary/aromatic N) is 2. The second kappa shape index (κ2) is 10.5. The number of likely N-dealkylation sites (tertiary alicyclic amines) is 2. The summed E-state index contributed by atoms with van der Waals surface area (Å²) in [7, 11) is 1.94. The van der Waals surface area contributed by atoms with Crippen molar-refractivity contribution in [1.29, 1.82) is 0 Å². The van der Waals surface area contributed by atoms with Crippen molar-refractivity contribution in [2.75, 3.05) is 32.0 Å². The molecule has 0 spiro atoms. The second-order valence-electron chi connectivity index (χ2n) is 8.46. The van der Waals surface area contributed by atoms with Gasteiger partial charge in [0.05, 0.1) is 30.0 Å². The molecule has 3 N–H and O–H groups in total. The summed E-state index contributed by atoms with van der Waals surface area (Å²) in [6.07, 6.45) is 1.83. The summed E-state index contributed by atoms with van der Waals surface area (Å²) in [6, 6.07) is 6.26. The van der Waals surface area contributed by atoms with Crippen LogP contribution in [-0.2, 0) is 4.79 Å². The van der Waals surface area contributed by atoms with E-state index in [1.54, 1.807) is 6.07 Å². The SMILES string of the molecule is CC(=O)O.CN1CCCC1C1(O)CN(C(=O)c2ccc(F)c(F)c2Nc2ccc(I)cc2F)C1. The highest BCUT2D eigenvalue weighted by Crippen LogP contribution is 2.36. The lowest BCUT2D eigenvalue weighted by molar-refractivity contribution is -0.134. The number of nitrogens with one attached hydrogen (secondary N) is 1. The normalized spacial score (nSPS) is 19.1. The Bertz CT molecular complexity index is 1090. The van der Waals surface area contributed by atoms with E-state index in [-0.39, 0.29) is 30.4 Å². The number of carbonyl (C=O) groups is 2. The minimum atomic E-state index is -1.26. The van der Waals surface area contributed by atoms with Crippen LogP contribution >= 0.6 is 22.6 Å². The quantitative estimate of drug-likeness (QED) is 0.469. The van der Waals surface area contributed by atoms with Gasteiger partial charge < -0.3 is 25.3 Å². The van der Waals surface area contributed by atoms with Crippen molar-refractivity contribution < 1.29 is 33.0 Å². The van der Waals surface area contributed by atoms with Crippen LogP contribution in [0, 0.1) is 21.0 Å². The highest BCUT2D eigenvalue weighted by Gasteiger charge is 2.52. The topological polar surface area (TPSA) is 93.1 Å². The third kappa shape index (κ3) is 5.63. The van der Waals surface area contributed by atoms with Gasteiger partial charge in [0.1, 0.15) is 11.4 Å². The summed E-state index contributed by atoms with van der Waals surface area (Å²) >= 11 is 1.93. The van der Waals surface area contributed by atoms with Gasteiger partial charge in [0.2, 0.25) is 0 Å². The number of likely N-dealkylation sites (N-methyl/N-ethyl adjacent to an activating group) is 1. The molecule has 0 bridgehead atoms. The van der Waals surface area contributed by atoms with Crippen LogP contribution in [0.25, 0.3) is 0 Å². The molecule has 2 aliphatic heterocycles. The van der Waals surface area contributed by atoms with Gasteiger partial charge in [-0.25, -0.2) is 13.2 Å². The highest BCUT2D eigenvalue weighted by molar-refractivity contribution is 14.1. The van der Waals surface area contributed by atoms with Crippen molar-refractivity contribution in [3.05, 3.63) is 56.9 Å². The summed E-state index contributed by atoms with van der Waals surface area (Å²) < 4.78 is 43.3. The standard InChI is InChI=1S/C21H21F3IN3O2.C2H4O2/c1-27-8-2-3-17(27)21(30)10-28(11-21)20(29)13-5-6-14(22)18(24)19(13)26-16-7-4-12(25)9-15(16)23;1-2(3)4/h4-7,9,17,26,30H,2-3,8,10-11H2,1H3;1H3,(H,3,4). The number of benzene rings is 2. The maximum atomic E-state index is 14.6. The molecule has 34 heavy (non-hydrogen) atoms. The Kier molecular flexibility index (Phi) is 8.09. The van der Waals surface area contributed by atoms with Crippen LogP contribution in [0.15, 0.2) is 30.3 Å². The number of β-amino-alcohol motifs (C(OH)–C–C–N with tert-alkyl or cyclic N) is 1. The average Bonchev–Trinajstić information content (AvgIpc) is 3.16. The first-order valence-corrected chi connectivity index (χ1v) is 11.6. The Morgan fingerprint density at radius 1 is 1.15 bits per heavy atom. The number of hydrogen-bond acceptors (Lipinski definition) is 5. The van der Waals surface area contributed by atoms with Crippen molar-refractivity contribution in [1.82, 2.24) is 9.80 Å². The van der Waals surface area contributed by atoms with E-state index in [1.165, 1.54) is 23.1 Å². The molecule has 2 saturated heterocycles. The zero-order valence-electron chi connectivity index (χ0n) is 18.6. The summed E-state index contributed by atoms with van der Waals surface area (Å²) in [4.78, 5) is 25.5. The molecule has 2 aromatic carbocycles. The Labute approximate surface area is 208 Å². The van der Waals surface area contributed by atoms with E-state index >= 15 is 0 Å². The number of halogens is 4. The lowest BCUT2D eigenvalue weighted by atomic mass is 9.84. The minimum Gasteiger partial charge on any atom is -0.481 e. The monoisotopic (exact) mass is 591 g/mol. The lowest BCUT2D eigenvalue weighted by Crippen LogP contribution is -2.70. The fourth-order valence-electron chi connectivity index (χ4n) is 4.31. The second-order valence-corrected chi connectivity index (χ2v) is 9.70. The fraction of sp³-hybridized carbons (Fsp3) is 0.391. The van der Waals surface area contributed by atoms with Gasteiger partial charge >= 0.3 is 0 Å². The molecule has 1 atom stereocenters. The van der Waals surface area contributed by atoms with E-state index in [9.17, 15) is 23.1 Å². The molecule has 2 aliphatic rings. The summed E-state index contributed by atoms with van der Waals surface area (Å²) in [5, 5.41) is 20.8. The number of carbonyl (C=O) groups excluding carboxylic acids is 1. The van der Waals surface area contributed by atoms with Crippen LogP contribution in [-0.4, -0.2) is 70.2 Å². The molecule has 4 rings (SSSR count). The third-order valence-electron chi connectivity index (χ3n) is 5.87. The number of rotatable bonds is 4. The smallest absolute Gasteiger partial charge is 0.300 e. The van der Waals surface area contributed by atoms with E-state index in [0.717, 1.165) is 32.4 Å². The number of hydrogen-bond donors (Lipinski definition) is 3. The van der Waals surface area contributed by atoms with Gasteiger partial charge in [0.25, 0.3) is 11.9 Å². The number of carboxylic acids is 1. The fourth-order valence-corrected chi connectivity index (χ4v) is 4.76. The van der Waals surface area contributed by atoms with Gasteiger partial charge in [-0.2, -0.15) is 0 Å². The first-order chi connectivity index (χ1) is 15.9. The van der Waals surface area contributed by atoms with Crippen LogP contribution in [0.1, 0.15) is 30.1 Å². The van der Waals surface area contributed by atoms with Gasteiger partial charge in [0.15, 0.2) is 11.6 Å². The van der Waals surface area contributed by atoms with E-state index in [2.05, 4.69) is 10.2 Å². The largest absolute Gasteiger partial charge is 0.481 e. The first kappa shape index (κ1) is 26.2. The van der Waals surface area contributed by atoms with Crippen molar-refractivity contribution in [3.63, 3.8) is 0 Å². The van der Waals surface area contributed by atoms with E-state index in [1.807, 2.05) is 29.6 Å². The molecular weight excluding hydrogens is 566 g/mol. The van der Waals surface area contributed by atoms with Crippen LogP contribution in [0.5, 0.6) is 0 Å². The molecule has 0 radical (unpaired) electrons. The molecule has 0 aliphatic carbocycles. The van der Waals surface area contributed by atoms with Gasteiger partial charge in [-0.3, -0.25) is 9.59 Å². The predicted molar refractivity (Wildman–Crippen MR) is 129 cm³/mol. The van der Waals surface area contributed by atoms with Crippen molar-refractivity contribution in [2.45, 2.75) is 31.4 Å². The van der Waals surface area contributed by atoms with Crippen LogP contribution in [0.2, 0.25) is 0 Å². The predicted octanol–water partition coefficient (Wildman–Crippen LogP) is 3.82. The van der Waals surface area contributed by atoms with Gasteiger partial charge in [0, 0.05) is 16.5 Å². The molecule has 11 heteroatoms. The van der Waals surface area contributed by atoms with Crippen LogP contribution < -0.4 is 5.32 Å². The molecule has 1 amide bonds. The molecular formula is C23H25F3IN3O4. The minimum absolute atomic E-state index is 0.0370. The molecule has 0 saturated carbocycles. The average molecular weight is 591 g/mol. The van der Waals surface area contributed by atoms with Crippen molar-refractivity contribution in [2.24, 2.45) is 0 Å².